The van der Waals surface area contributed by atoms with Crippen molar-refractivity contribution in [3.05, 3.63) is 46.4 Å². The average Bonchev–Trinajstić information content (AvgIpc) is 2.89. The van der Waals surface area contributed by atoms with Crippen LogP contribution in [0.5, 0.6) is 0 Å². The minimum atomic E-state index is 1.14. The number of halogens is 1. The fraction of sp³-hybridized carbons (Fsp3) is 0.400. The zero-order valence-electron chi connectivity index (χ0n) is 13.3. The lowest BCUT2D eigenvalue weighted by molar-refractivity contribution is 0.608. The van der Waals surface area contributed by atoms with Crippen molar-refractivity contribution in [2.45, 2.75) is 51.9 Å². The maximum absolute atomic E-state index is 3.61. The van der Waals surface area contributed by atoms with Crippen LogP contribution < -0.4 is 0 Å². The molecule has 0 aliphatic heterocycles. The molecule has 3 rings (SSSR count). The molecule has 0 radical (unpaired) electrons. The predicted molar refractivity (Wildman–Crippen MR) is 101 cm³/mol. The van der Waals surface area contributed by atoms with Crippen LogP contribution >= 0.6 is 15.9 Å². The van der Waals surface area contributed by atoms with E-state index in [0.29, 0.717) is 0 Å². The molecule has 0 spiro atoms. The lowest BCUT2D eigenvalue weighted by atomic mass is 10.0. The number of rotatable bonds is 7. The average molecular weight is 358 g/mol. The van der Waals surface area contributed by atoms with Gasteiger partial charge in [0.15, 0.2) is 0 Å². The molecule has 0 bridgehead atoms. The second kappa shape index (κ2) is 7.32. The third-order valence-corrected chi connectivity index (χ3v) is 4.98. The highest BCUT2D eigenvalue weighted by atomic mass is 79.9. The van der Waals surface area contributed by atoms with E-state index in [9.17, 15) is 0 Å². The Morgan fingerprint density at radius 1 is 0.909 bits per heavy atom. The smallest absolute Gasteiger partial charge is 0.0497 e. The van der Waals surface area contributed by atoms with Crippen molar-refractivity contribution in [2.24, 2.45) is 0 Å². The number of aromatic nitrogens is 1. The third-order valence-electron chi connectivity index (χ3n) is 4.48. The minimum Gasteiger partial charge on any atom is -0.354 e. The van der Waals surface area contributed by atoms with Crippen molar-refractivity contribution in [1.29, 1.82) is 0 Å². The summed E-state index contributed by atoms with van der Waals surface area (Å²) < 4.78 is 1.14. The van der Waals surface area contributed by atoms with Crippen LogP contribution in [0.15, 0.2) is 40.9 Å². The second-order valence-electron chi connectivity index (χ2n) is 6.17. The second-order valence-corrected chi connectivity index (χ2v) is 7.09. The highest BCUT2D eigenvalue weighted by Crippen LogP contribution is 2.30. The summed E-state index contributed by atoms with van der Waals surface area (Å²) in [5, 5.41) is 2.66. The van der Waals surface area contributed by atoms with Gasteiger partial charge in [0.05, 0.1) is 0 Å². The van der Waals surface area contributed by atoms with Gasteiger partial charge in [-0.05, 0) is 36.6 Å². The molecule has 0 unspecified atom stereocenters. The van der Waals surface area contributed by atoms with E-state index in [1.54, 1.807) is 0 Å². The number of para-hydroxylation sites is 1. The molecular formula is C20H24BrN. The Bertz CT molecular complexity index is 757. The first-order valence-electron chi connectivity index (χ1n) is 8.48. The molecule has 2 aromatic carbocycles. The highest BCUT2D eigenvalue weighted by Gasteiger charge is 2.08. The van der Waals surface area contributed by atoms with Gasteiger partial charge < -0.3 is 4.98 Å². The summed E-state index contributed by atoms with van der Waals surface area (Å²) in [4.78, 5) is 3.61. The molecule has 1 aromatic heterocycles. The van der Waals surface area contributed by atoms with Crippen LogP contribution in [0.3, 0.4) is 0 Å². The monoisotopic (exact) mass is 357 g/mol. The number of hydrogen-bond donors (Lipinski definition) is 1. The van der Waals surface area contributed by atoms with E-state index in [1.165, 1.54) is 72.3 Å². The van der Waals surface area contributed by atoms with Crippen LogP contribution in [0.2, 0.25) is 0 Å². The van der Waals surface area contributed by atoms with Crippen LogP contribution in [0, 0.1) is 0 Å². The van der Waals surface area contributed by atoms with Crippen molar-refractivity contribution < 1.29 is 0 Å². The number of aryl methyl sites for hydroxylation is 1. The third kappa shape index (κ3) is 3.38. The zero-order chi connectivity index (χ0) is 15.4. The number of H-pyrrole nitrogens is 1. The van der Waals surface area contributed by atoms with Crippen molar-refractivity contribution in [3.8, 4) is 0 Å². The van der Waals surface area contributed by atoms with Gasteiger partial charge in [-0.2, -0.15) is 0 Å². The molecule has 0 atom stereocenters. The van der Waals surface area contributed by atoms with E-state index in [0.717, 1.165) is 4.47 Å². The van der Waals surface area contributed by atoms with E-state index in [2.05, 4.69) is 64.2 Å². The van der Waals surface area contributed by atoms with E-state index in [1.807, 2.05) is 0 Å². The van der Waals surface area contributed by atoms with Crippen LogP contribution in [0.4, 0.5) is 0 Å². The van der Waals surface area contributed by atoms with Crippen LogP contribution in [0.1, 0.15) is 51.0 Å². The van der Waals surface area contributed by atoms with E-state index >= 15 is 0 Å². The zero-order valence-corrected chi connectivity index (χ0v) is 14.9. The van der Waals surface area contributed by atoms with Crippen molar-refractivity contribution in [2.75, 3.05) is 0 Å². The summed E-state index contributed by atoms with van der Waals surface area (Å²) >= 11 is 3.58. The first kappa shape index (κ1) is 15.6. The van der Waals surface area contributed by atoms with E-state index < -0.39 is 0 Å². The molecule has 1 nitrogen and oxygen atoms in total. The first-order chi connectivity index (χ1) is 10.8. The highest BCUT2D eigenvalue weighted by molar-refractivity contribution is 9.10. The molecule has 2 heteroatoms. The fourth-order valence-corrected chi connectivity index (χ4v) is 3.62. The molecule has 0 fully saturated rings. The van der Waals surface area contributed by atoms with Gasteiger partial charge in [-0.3, -0.25) is 0 Å². The van der Waals surface area contributed by atoms with Crippen LogP contribution in [-0.2, 0) is 6.42 Å². The number of aromatic amines is 1. The molecule has 0 saturated carbocycles. The normalized spacial score (nSPS) is 11.5. The Hall–Kier alpha value is -1.28. The molecular weight excluding hydrogens is 334 g/mol. The number of benzene rings is 2. The van der Waals surface area contributed by atoms with E-state index in [4.69, 9.17) is 0 Å². The summed E-state index contributed by atoms with van der Waals surface area (Å²) in [5.41, 5.74) is 4.01. The van der Waals surface area contributed by atoms with E-state index in [-0.39, 0.29) is 0 Å². The molecule has 0 aliphatic rings. The van der Waals surface area contributed by atoms with Gasteiger partial charge in [0.25, 0.3) is 0 Å². The number of hydrogen-bond acceptors (Lipinski definition) is 0. The summed E-state index contributed by atoms with van der Waals surface area (Å²) in [5.74, 6) is 0. The number of nitrogens with one attached hydrogen (secondary N) is 1. The number of fused-ring (bicyclic) bond motifs is 3. The Morgan fingerprint density at radius 2 is 1.73 bits per heavy atom. The van der Waals surface area contributed by atoms with Gasteiger partial charge in [-0.15, -0.1) is 0 Å². The maximum atomic E-state index is 3.61. The van der Waals surface area contributed by atoms with Gasteiger partial charge in [0.1, 0.15) is 0 Å². The quantitative estimate of drug-likeness (QED) is 0.438. The van der Waals surface area contributed by atoms with Gasteiger partial charge in [-0.25, -0.2) is 0 Å². The number of unbranched alkanes of at least 4 members (excludes halogenated alkanes) is 5. The minimum absolute atomic E-state index is 1.14. The predicted octanol–water partition coefficient (Wildman–Crippen LogP) is 6.99. The lowest BCUT2D eigenvalue weighted by Gasteiger charge is -2.04. The van der Waals surface area contributed by atoms with Crippen molar-refractivity contribution >= 4 is 37.7 Å². The molecule has 1 N–H and O–H groups in total. The molecule has 22 heavy (non-hydrogen) atoms. The fourth-order valence-electron chi connectivity index (χ4n) is 3.26. The van der Waals surface area contributed by atoms with Crippen molar-refractivity contribution in [1.82, 2.24) is 4.98 Å². The summed E-state index contributed by atoms with van der Waals surface area (Å²) in [7, 11) is 0. The lowest BCUT2D eigenvalue weighted by Crippen LogP contribution is -1.88. The van der Waals surface area contributed by atoms with Crippen LogP contribution in [0.25, 0.3) is 21.8 Å². The van der Waals surface area contributed by atoms with Gasteiger partial charge in [-0.1, -0.05) is 73.2 Å². The topological polar surface area (TPSA) is 15.8 Å². The van der Waals surface area contributed by atoms with Crippen molar-refractivity contribution in [3.63, 3.8) is 0 Å². The Balaban J connectivity index is 1.77. The molecule has 0 aliphatic carbocycles. The maximum Gasteiger partial charge on any atom is 0.0497 e. The molecule has 3 aromatic rings. The summed E-state index contributed by atoms with van der Waals surface area (Å²) in [6, 6.07) is 13.2. The molecule has 116 valence electrons. The van der Waals surface area contributed by atoms with Gasteiger partial charge in [0, 0.05) is 26.3 Å². The molecule has 0 amide bonds. The Morgan fingerprint density at radius 3 is 2.59 bits per heavy atom. The summed E-state index contributed by atoms with van der Waals surface area (Å²) in [6.07, 6.45) is 9.29. The van der Waals surface area contributed by atoms with Gasteiger partial charge >= 0.3 is 0 Å². The Labute approximate surface area is 141 Å². The Kier molecular flexibility index (Phi) is 5.20. The molecule has 1 heterocycles. The first-order valence-corrected chi connectivity index (χ1v) is 9.27. The SMILES string of the molecule is CCCCCCCCc1cccc2c1[nH]c1ccc(Br)cc12. The molecule has 0 saturated heterocycles. The van der Waals surface area contributed by atoms with Crippen LogP contribution in [-0.4, -0.2) is 4.98 Å². The largest absolute Gasteiger partial charge is 0.354 e. The summed E-state index contributed by atoms with van der Waals surface area (Å²) in [6.45, 7) is 2.27. The van der Waals surface area contributed by atoms with Gasteiger partial charge in [0.2, 0.25) is 0 Å². The standard InChI is InChI=1S/C20H24BrN/c1-2-3-4-5-6-7-9-15-10-8-11-17-18-14-16(21)12-13-19(18)22-20(15)17/h8,10-14,22H,2-7,9H2,1H3.